The fourth-order valence-electron chi connectivity index (χ4n) is 1.81. The Labute approximate surface area is 115 Å². The van der Waals surface area contributed by atoms with Crippen LogP contribution >= 0.6 is 0 Å². The monoisotopic (exact) mass is 274 g/mol. The van der Waals surface area contributed by atoms with Crippen LogP contribution in [-0.4, -0.2) is 28.9 Å². The number of carbonyl (C=O) groups excluding carboxylic acids is 3. The number of phenols is 1. The summed E-state index contributed by atoms with van der Waals surface area (Å²) in [4.78, 5) is 34.1. The standard InChI is InChI=1S/C14H14N2O4/c17-10-4-1-9(2-5-10)3-7-12(18)15-11-6-8-13(19)16-14(11)20/h1-5,7,11,17H,6,8H2,(H,15,18)(H,16,19,20). The molecule has 0 radical (unpaired) electrons. The zero-order valence-electron chi connectivity index (χ0n) is 10.6. The third kappa shape index (κ3) is 3.68. The second-order valence-corrected chi connectivity index (χ2v) is 4.44. The number of piperidine rings is 1. The quantitative estimate of drug-likeness (QED) is 0.546. The largest absolute Gasteiger partial charge is 0.508 e. The molecular formula is C14H14N2O4. The maximum absolute atomic E-state index is 11.7. The molecule has 1 fully saturated rings. The van der Waals surface area contributed by atoms with Crippen LogP contribution in [0.4, 0.5) is 0 Å². The predicted octanol–water partition coefficient (Wildman–Crippen LogP) is 0.327. The van der Waals surface area contributed by atoms with Crippen molar-refractivity contribution < 1.29 is 19.5 Å². The first kappa shape index (κ1) is 13.8. The van der Waals surface area contributed by atoms with Crippen LogP contribution in [0, 0.1) is 0 Å². The van der Waals surface area contributed by atoms with Crippen molar-refractivity contribution in [3.63, 3.8) is 0 Å². The zero-order chi connectivity index (χ0) is 14.5. The highest BCUT2D eigenvalue weighted by atomic mass is 16.3. The number of carbonyl (C=O) groups is 3. The van der Waals surface area contributed by atoms with Crippen LogP contribution in [0.2, 0.25) is 0 Å². The highest BCUT2D eigenvalue weighted by molar-refractivity contribution is 6.03. The number of hydrogen-bond donors (Lipinski definition) is 3. The maximum Gasteiger partial charge on any atom is 0.249 e. The number of rotatable bonds is 3. The van der Waals surface area contributed by atoms with Crippen molar-refractivity contribution >= 4 is 23.8 Å². The number of imide groups is 1. The van der Waals surface area contributed by atoms with Gasteiger partial charge in [0, 0.05) is 12.5 Å². The molecule has 1 saturated heterocycles. The van der Waals surface area contributed by atoms with E-state index < -0.39 is 17.9 Å². The molecule has 6 heteroatoms. The number of nitrogens with one attached hydrogen (secondary N) is 2. The van der Waals surface area contributed by atoms with E-state index in [2.05, 4.69) is 10.6 Å². The van der Waals surface area contributed by atoms with Crippen LogP contribution in [0.3, 0.4) is 0 Å². The molecule has 0 aliphatic carbocycles. The fraction of sp³-hybridized carbons (Fsp3) is 0.214. The summed E-state index contributed by atoms with van der Waals surface area (Å²) < 4.78 is 0. The molecule has 1 aromatic carbocycles. The van der Waals surface area contributed by atoms with E-state index in [9.17, 15) is 14.4 Å². The molecule has 0 bridgehead atoms. The molecule has 3 N–H and O–H groups in total. The van der Waals surface area contributed by atoms with Crippen molar-refractivity contribution in [3.8, 4) is 5.75 Å². The number of benzene rings is 1. The van der Waals surface area contributed by atoms with E-state index in [0.29, 0.717) is 6.42 Å². The average Bonchev–Trinajstić information content (AvgIpc) is 2.41. The third-order valence-electron chi connectivity index (χ3n) is 2.88. The lowest BCUT2D eigenvalue weighted by atomic mass is 10.1. The first-order chi connectivity index (χ1) is 9.54. The zero-order valence-corrected chi connectivity index (χ0v) is 10.6. The minimum Gasteiger partial charge on any atom is -0.508 e. The molecule has 0 aromatic heterocycles. The molecule has 0 saturated carbocycles. The molecule has 1 aliphatic rings. The summed E-state index contributed by atoms with van der Waals surface area (Å²) >= 11 is 0. The summed E-state index contributed by atoms with van der Waals surface area (Å²) in [5.74, 6) is -1.06. The lowest BCUT2D eigenvalue weighted by Gasteiger charge is -2.20. The summed E-state index contributed by atoms with van der Waals surface area (Å²) in [6.07, 6.45) is 3.40. The van der Waals surface area contributed by atoms with Crippen molar-refractivity contribution in [2.45, 2.75) is 18.9 Å². The van der Waals surface area contributed by atoms with Crippen molar-refractivity contribution in [1.29, 1.82) is 0 Å². The van der Waals surface area contributed by atoms with Crippen molar-refractivity contribution in [2.75, 3.05) is 0 Å². The van der Waals surface area contributed by atoms with Gasteiger partial charge in [-0.3, -0.25) is 19.7 Å². The molecular weight excluding hydrogens is 260 g/mol. The average molecular weight is 274 g/mol. The van der Waals surface area contributed by atoms with Gasteiger partial charge in [0.05, 0.1) is 0 Å². The summed E-state index contributed by atoms with van der Waals surface area (Å²) in [5, 5.41) is 13.8. The van der Waals surface area contributed by atoms with Crippen LogP contribution < -0.4 is 10.6 Å². The molecule has 1 unspecified atom stereocenters. The van der Waals surface area contributed by atoms with Gasteiger partial charge in [-0.05, 0) is 30.2 Å². The van der Waals surface area contributed by atoms with E-state index in [1.165, 1.54) is 18.2 Å². The highest BCUT2D eigenvalue weighted by Crippen LogP contribution is 2.10. The lowest BCUT2D eigenvalue weighted by Crippen LogP contribution is -2.51. The molecule has 1 aromatic rings. The Hall–Kier alpha value is -2.63. The van der Waals surface area contributed by atoms with Crippen molar-refractivity contribution in [2.24, 2.45) is 0 Å². The van der Waals surface area contributed by atoms with Crippen LogP contribution in [0.1, 0.15) is 18.4 Å². The first-order valence-electron chi connectivity index (χ1n) is 6.16. The molecule has 1 atom stereocenters. The minimum absolute atomic E-state index is 0.148. The minimum atomic E-state index is -0.676. The Morgan fingerprint density at radius 3 is 2.65 bits per heavy atom. The normalized spacial score (nSPS) is 18.9. The van der Waals surface area contributed by atoms with Gasteiger partial charge < -0.3 is 10.4 Å². The van der Waals surface area contributed by atoms with Gasteiger partial charge in [0.15, 0.2) is 0 Å². The molecule has 0 spiro atoms. The smallest absolute Gasteiger partial charge is 0.249 e. The Morgan fingerprint density at radius 2 is 2.00 bits per heavy atom. The summed E-state index contributed by atoms with van der Waals surface area (Å²) in [7, 11) is 0. The first-order valence-corrected chi connectivity index (χ1v) is 6.16. The fourth-order valence-corrected chi connectivity index (χ4v) is 1.81. The predicted molar refractivity (Wildman–Crippen MR) is 71.5 cm³/mol. The second kappa shape index (κ2) is 6.01. The van der Waals surface area contributed by atoms with E-state index in [0.717, 1.165) is 5.56 Å². The Bertz CT molecular complexity index is 563. The van der Waals surface area contributed by atoms with Gasteiger partial charge in [-0.25, -0.2) is 0 Å². The van der Waals surface area contributed by atoms with E-state index in [-0.39, 0.29) is 18.1 Å². The molecule has 104 valence electrons. The van der Waals surface area contributed by atoms with E-state index in [1.54, 1.807) is 18.2 Å². The summed E-state index contributed by atoms with van der Waals surface area (Å²) in [5.41, 5.74) is 0.751. The highest BCUT2D eigenvalue weighted by Gasteiger charge is 2.27. The van der Waals surface area contributed by atoms with Crippen LogP contribution in [0.15, 0.2) is 30.3 Å². The van der Waals surface area contributed by atoms with E-state index >= 15 is 0 Å². The molecule has 20 heavy (non-hydrogen) atoms. The van der Waals surface area contributed by atoms with Gasteiger partial charge in [-0.15, -0.1) is 0 Å². The Morgan fingerprint density at radius 1 is 1.30 bits per heavy atom. The van der Waals surface area contributed by atoms with Gasteiger partial charge in [-0.1, -0.05) is 12.1 Å². The van der Waals surface area contributed by atoms with Crippen LogP contribution in [0.25, 0.3) is 6.08 Å². The van der Waals surface area contributed by atoms with Gasteiger partial charge >= 0.3 is 0 Å². The van der Waals surface area contributed by atoms with Gasteiger partial charge in [0.1, 0.15) is 11.8 Å². The molecule has 1 heterocycles. The topological polar surface area (TPSA) is 95.5 Å². The number of hydrogen-bond acceptors (Lipinski definition) is 4. The molecule has 6 nitrogen and oxygen atoms in total. The molecule has 3 amide bonds. The molecule has 2 rings (SSSR count). The van der Waals surface area contributed by atoms with Crippen molar-refractivity contribution in [3.05, 3.63) is 35.9 Å². The van der Waals surface area contributed by atoms with Crippen molar-refractivity contribution in [1.82, 2.24) is 10.6 Å². The third-order valence-corrected chi connectivity index (χ3v) is 2.88. The van der Waals surface area contributed by atoms with Crippen LogP contribution in [0.5, 0.6) is 5.75 Å². The Balaban J connectivity index is 1.90. The SMILES string of the molecule is O=C(C=Cc1ccc(O)cc1)NC1CCC(=O)NC1=O. The Kier molecular flexibility index (Phi) is 4.14. The molecule has 1 aliphatic heterocycles. The maximum atomic E-state index is 11.7. The number of phenolic OH excluding ortho intramolecular Hbond substituents is 1. The van der Waals surface area contributed by atoms with E-state index in [1.807, 2.05) is 0 Å². The van der Waals surface area contributed by atoms with Gasteiger partial charge in [0.2, 0.25) is 17.7 Å². The number of amides is 3. The second-order valence-electron chi connectivity index (χ2n) is 4.44. The van der Waals surface area contributed by atoms with Gasteiger partial charge in [-0.2, -0.15) is 0 Å². The lowest BCUT2D eigenvalue weighted by molar-refractivity contribution is -0.136. The number of aromatic hydroxyl groups is 1. The summed E-state index contributed by atoms with van der Waals surface area (Å²) in [6, 6.07) is 5.66. The summed E-state index contributed by atoms with van der Waals surface area (Å²) in [6.45, 7) is 0. The van der Waals surface area contributed by atoms with E-state index in [4.69, 9.17) is 5.11 Å². The van der Waals surface area contributed by atoms with Crippen LogP contribution in [-0.2, 0) is 14.4 Å². The van der Waals surface area contributed by atoms with Gasteiger partial charge in [0.25, 0.3) is 0 Å².